The Bertz CT molecular complexity index is 1010. The fourth-order valence-corrected chi connectivity index (χ4v) is 4.59. The summed E-state index contributed by atoms with van der Waals surface area (Å²) in [4.78, 5) is 27.6. The first-order valence-corrected chi connectivity index (χ1v) is 9.07. The molecule has 2 heterocycles. The number of hydrogen-bond donors (Lipinski definition) is 3. The highest BCUT2D eigenvalue weighted by Gasteiger charge is 2.38. The van der Waals surface area contributed by atoms with Crippen LogP contribution in [0.15, 0.2) is 32.7 Å². The maximum absolute atomic E-state index is 12.9. The Labute approximate surface area is 150 Å². The number of nitrogens with two attached hydrogens (primary N) is 1. The molecule has 138 valence electrons. The molecule has 0 saturated carbocycles. The predicted octanol–water partition coefficient (Wildman–Crippen LogP) is 0.386. The second-order valence-corrected chi connectivity index (χ2v) is 8.78. The molecule has 1 aliphatic heterocycles. The van der Waals surface area contributed by atoms with Crippen LogP contribution in [0.1, 0.15) is 20.3 Å². The number of nitrogens with one attached hydrogen (secondary N) is 2. The number of rotatable bonds is 2. The van der Waals surface area contributed by atoms with E-state index in [1.807, 2.05) is 13.8 Å². The highest BCUT2D eigenvalue weighted by atomic mass is 35.5. The van der Waals surface area contributed by atoms with Crippen LogP contribution < -0.4 is 16.9 Å². The summed E-state index contributed by atoms with van der Waals surface area (Å²) in [5, 5.41) is 0. The third-order valence-electron chi connectivity index (χ3n) is 4.61. The summed E-state index contributed by atoms with van der Waals surface area (Å²) in [5.41, 5.74) is 4.80. The lowest BCUT2D eigenvalue weighted by Gasteiger charge is -2.41. The van der Waals surface area contributed by atoms with Gasteiger partial charge in [-0.25, -0.2) is 8.42 Å². The number of benzene rings is 1. The van der Waals surface area contributed by atoms with Gasteiger partial charge in [0.15, 0.2) is 0 Å². The van der Waals surface area contributed by atoms with Crippen molar-refractivity contribution in [1.82, 2.24) is 14.3 Å². The average molecular weight is 389 g/mol. The van der Waals surface area contributed by atoms with E-state index in [9.17, 15) is 18.0 Å². The summed E-state index contributed by atoms with van der Waals surface area (Å²) in [6.45, 7) is 4.58. The number of aromatic nitrogens is 2. The lowest BCUT2D eigenvalue weighted by Crippen LogP contribution is -2.53. The zero-order valence-corrected chi connectivity index (χ0v) is 15.5. The van der Waals surface area contributed by atoms with Gasteiger partial charge in [-0.3, -0.25) is 9.59 Å². The van der Waals surface area contributed by atoms with Crippen LogP contribution in [0.4, 0.5) is 0 Å². The maximum atomic E-state index is 12.9. The number of nitrogens with zero attached hydrogens (tertiary/aromatic N) is 1. The van der Waals surface area contributed by atoms with Gasteiger partial charge in [0, 0.05) is 19.1 Å². The minimum absolute atomic E-state index is 0. The lowest BCUT2D eigenvalue weighted by atomic mass is 9.81. The Hall–Kier alpha value is -1.68. The zero-order valence-electron chi connectivity index (χ0n) is 13.9. The molecule has 0 radical (unpaired) electrons. The number of aromatic amines is 2. The quantitative estimate of drug-likeness (QED) is 0.640. The van der Waals surface area contributed by atoms with Crippen molar-refractivity contribution < 1.29 is 8.42 Å². The first-order valence-electron chi connectivity index (χ1n) is 7.63. The van der Waals surface area contributed by atoms with Crippen LogP contribution in [0.25, 0.3) is 11.0 Å². The summed E-state index contributed by atoms with van der Waals surface area (Å²) in [6.07, 6.45) is 0.587. The molecule has 1 unspecified atom stereocenters. The van der Waals surface area contributed by atoms with Crippen molar-refractivity contribution in [1.29, 1.82) is 0 Å². The van der Waals surface area contributed by atoms with Gasteiger partial charge >= 0.3 is 11.1 Å². The van der Waals surface area contributed by atoms with Crippen molar-refractivity contribution in [2.45, 2.75) is 31.2 Å². The third-order valence-corrected chi connectivity index (χ3v) is 6.45. The normalized spacial score (nSPS) is 21.0. The van der Waals surface area contributed by atoms with Crippen molar-refractivity contribution >= 4 is 33.5 Å². The van der Waals surface area contributed by atoms with Crippen LogP contribution in [0.3, 0.4) is 0 Å². The van der Waals surface area contributed by atoms with Crippen molar-refractivity contribution in [2.24, 2.45) is 11.1 Å². The van der Waals surface area contributed by atoms with Gasteiger partial charge in [0.05, 0.1) is 15.9 Å². The van der Waals surface area contributed by atoms with E-state index in [0.717, 1.165) is 0 Å². The van der Waals surface area contributed by atoms with Gasteiger partial charge < -0.3 is 15.7 Å². The summed E-state index contributed by atoms with van der Waals surface area (Å²) in [7, 11) is -3.71. The topological polar surface area (TPSA) is 129 Å². The standard InChI is InChI=1S/C15H20N4O4S.ClH/c1-15(2)8-19(6-5-12(15)16)24(22,23)9-3-4-10-11(7-9)18-14(21)13(20)17-10;/h3-4,7,12H,5-6,8,16H2,1-2H3,(H,17,20)(H,18,21);1H. The van der Waals surface area contributed by atoms with Crippen LogP contribution in [0.2, 0.25) is 0 Å². The maximum Gasteiger partial charge on any atom is 0.314 e. The van der Waals surface area contributed by atoms with E-state index in [1.165, 1.54) is 22.5 Å². The van der Waals surface area contributed by atoms with Crippen LogP contribution in [0, 0.1) is 5.41 Å². The van der Waals surface area contributed by atoms with Crippen LogP contribution >= 0.6 is 12.4 Å². The molecule has 1 aliphatic rings. The number of H-pyrrole nitrogens is 2. The van der Waals surface area contributed by atoms with Crippen molar-refractivity contribution in [2.75, 3.05) is 13.1 Å². The van der Waals surface area contributed by atoms with E-state index in [2.05, 4.69) is 9.97 Å². The van der Waals surface area contributed by atoms with E-state index in [-0.39, 0.29) is 34.3 Å². The summed E-state index contributed by atoms with van der Waals surface area (Å²) in [5.74, 6) is 0. The number of piperidine rings is 1. The highest BCUT2D eigenvalue weighted by molar-refractivity contribution is 7.89. The highest BCUT2D eigenvalue weighted by Crippen LogP contribution is 2.31. The summed E-state index contributed by atoms with van der Waals surface area (Å²) in [6, 6.07) is 4.21. The number of sulfonamides is 1. The van der Waals surface area contributed by atoms with Crippen molar-refractivity contribution in [3.63, 3.8) is 0 Å². The molecule has 3 rings (SSSR count). The monoisotopic (exact) mass is 388 g/mol. The Balaban J connectivity index is 0.00000225. The smallest absolute Gasteiger partial charge is 0.314 e. The third kappa shape index (κ3) is 3.50. The van der Waals surface area contributed by atoms with Crippen LogP contribution in [-0.4, -0.2) is 41.8 Å². The van der Waals surface area contributed by atoms with Gasteiger partial charge in [0.25, 0.3) is 0 Å². The molecule has 4 N–H and O–H groups in total. The van der Waals surface area contributed by atoms with Gasteiger partial charge in [-0.05, 0) is 30.0 Å². The second-order valence-electron chi connectivity index (χ2n) is 6.84. The van der Waals surface area contributed by atoms with Gasteiger partial charge in [-0.1, -0.05) is 13.8 Å². The molecule has 1 aromatic carbocycles. The fourth-order valence-electron chi connectivity index (χ4n) is 2.93. The lowest BCUT2D eigenvalue weighted by molar-refractivity contribution is 0.155. The molecule has 0 aliphatic carbocycles. The molecule has 1 atom stereocenters. The molecule has 1 aromatic heterocycles. The van der Waals surface area contributed by atoms with Gasteiger partial charge in [-0.2, -0.15) is 4.31 Å². The van der Waals surface area contributed by atoms with Crippen molar-refractivity contribution in [3.8, 4) is 0 Å². The van der Waals surface area contributed by atoms with Crippen LogP contribution in [0.5, 0.6) is 0 Å². The van der Waals surface area contributed by atoms with E-state index in [1.54, 1.807) is 0 Å². The number of hydrogen-bond acceptors (Lipinski definition) is 5. The van der Waals surface area contributed by atoms with Gasteiger partial charge in [0.2, 0.25) is 10.0 Å². The Morgan fingerprint density at radius 1 is 1.16 bits per heavy atom. The molecule has 0 spiro atoms. The first kappa shape index (κ1) is 19.6. The minimum atomic E-state index is -3.71. The molecule has 2 aromatic rings. The Kier molecular flexibility index (Phi) is 5.16. The predicted molar refractivity (Wildman–Crippen MR) is 97.6 cm³/mol. The van der Waals surface area contributed by atoms with Gasteiger partial charge in [0.1, 0.15) is 0 Å². The average Bonchev–Trinajstić information content (AvgIpc) is 2.50. The van der Waals surface area contributed by atoms with Crippen LogP contribution in [-0.2, 0) is 10.0 Å². The molecule has 10 heteroatoms. The molecule has 0 amide bonds. The summed E-state index contributed by atoms with van der Waals surface area (Å²) < 4.78 is 27.2. The molecular formula is C15H21ClN4O4S. The largest absolute Gasteiger partial charge is 0.327 e. The number of fused-ring (bicyclic) bond motifs is 1. The van der Waals surface area contributed by atoms with E-state index in [4.69, 9.17) is 5.73 Å². The molecule has 0 bridgehead atoms. The molecule has 1 fully saturated rings. The fraction of sp³-hybridized carbons (Fsp3) is 0.467. The van der Waals surface area contributed by atoms with E-state index in [0.29, 0.717) is 25.0 Å². The first-order chi connectivity index (χ1) is 11.1. The Morgan fingerprint density at radius 3 is 2.36 bits per heavy atom. The van der Waals surface area contributed by atoms with Gasteiger partial charge in [-0.15, -0.1) is 12.4 Å². The van der Waals surface area contributed by atoms with Crippen molar-refractivity contribution in [3.05, 3.63) is 38.9 Å². The molecule has 8 nitrogen and oxygen atoms in total. The number of halogens is 1. The summed E-state index contributed by atoms with van der Waals surface area (Å²) >= 11 is 0. The van der Waals surface area contributed by atoms with E-state index < -0.39 is 21.1 Å². The molecule has 1 saturated heterocycles. The second kappa shape index (κ2) is 6.56. The SMILES string of the molecule is CC1(C)CN(S(=O)(=O)c2ccc3[nH]c(=O)c(=O)[nH]c3c2)CCC1N.Cl. The minimum Gasteiger partial charge on any atom is -0.327 e. The van der Waals surface area contributed by atoms with E-state index >= 15 is 0 Å². The molecular weight excluding hydrogens is 368 g/mol. The Morgan fingerprint density at radius 2 is 1.76 bits per heavy atom. The zero-order chi connectivity index (χ0) is 17.7. The molecule has 25 heavy (non-hydrogen) atoms.